The first-order valence-corrected chi connectivity index (χ1v) is 10.9. The second kappa shape index (κ2) is 8.83. The first kappa shape index (κ1) is 21.4. The molecule has 1 aromatic rings. The van der Waals surface area contributed by atoms with Crippen molar-refractivity contribution in [2.45, 2.75) is 0 Å². The zero-order chi connectivity index (χ0) is 23.7. The molecule has 0 aliphatic heterocycles. The summed E-state index contributed by atoms with van der Waals surface area (Å²) in [7, 11) is 2.79. The van der Waals surface area contributed by atoms with Crippen LogP contribution in [0.5, 0.6) is 0 Å². The largest absolute Gasteiger partial charge is 0.465 e. The van der Waals surface area contributed by atoms with Crippen LogP contribution < -0.4 is 0 Å². The Morgan fingerprint density at radius 3 is 1.24 bits per heavy atom. The van der Waals surface area contributed by atoms with Crippen molar-refractivity contribution in [2.24, 2.45) is 0 Å². The van der Waals surface area contributed by atoms with E-state index in [0.29, 0.717) is 11.1 Å². The average Bonchev–Trinajstić information content (AvgIpc) is 3.20. The van der Waals surface area contributed by atoms with Gasteiger partial charge in [0.15, 0.2) is 0 Å². The Labute approximate surface area is 198 Å². The van der Waals surface area contributed by atoms with E-state index in [-0.39, 0.29) is 11.9 Å². The molecule has 34 heavy (non-hydrogen) atoms. The highest BCUT2D eigenvalue weighted by Crippen LogP contribution is 2.41. The molecule has 166 valence electrons. The molecule has 0 N–H and O–H groups in total. The number of hydrogen-bond acceptors (Lipinski definition) is 4. The minimum Gasteiger partial charge on any atom is -0.465 e. The second-order valence-electron chi connectivity index (χ2n) is 7.99. The number of hydrogen-bond donors (Lipinski definition) is 0. The van der Waals surface area contributed by atoms with Gasteiger partial charge >= 0.3 is 11.9 Å². The molecular weight excluding hydrogens is 424 g/mol. The lowest BCUT2D eigenvalue weighted by Crippen LogP contribution is -2.03. The fourth-order valence-electron chi connectivity index (χ4n) is 4.50. The molecular formula is C30H22O4. The number of fused-ring (bicyclic) bond motifs is 2. The van der Waals surface area contributed by atoms with Gasteiger partial charge < -0.3 is 9.47 Å². The molecule has 0 saturated carbocycles. The normalized spacial score (nSPS) is 10.9. The van der Waals surface area contributed by atoms with Gasteiger partial charge in [-0.1, -0.05) is 84.9 Å². The zero-order valence-corrected chi connectivity index (χ0v) is 18.9. The molecule has 0 saturated heterocycles. The first-order valence-electron chi connectivity index (χ1n) is 10.9. The smallest absolute Gasteiger partial charge is 0.339 e. The van der Waals surface area contributed by atoms with Crippen molar-refractivity contribution in [3.8, 4) is 44.5 Å². The van der Waals surface area contributed by atoms with E-state index in [0.717, 1.165) is 44.5 Å². The summed E-state index contributed by atoms with van der Waals surface area (Å²) in [5.74, 6) is -0.744. The molecule has 0 atom stereocenters. The van der Waals surface area contributed by atoms with Crippen LogP contribution in [0.1, 0.15) is 20.7 Å². The quantitative estimate of drug-likeness (QED) is 0.285. The van der Waals surface area contributed by atoms with Crippen molar-refractivity contribution in [1.82, 2.24) is 0 Å². The number of esters is 2. The lowest BCUT2D eigenvalue weighted by atomic mass is 9.98. The van der Waals surface area contributed by atoms with Crippen LogP contribution in [0.4, 0.5) is 0 Å². The molecule has 0 aromatic heterocycles. The van der Waals surface area contributed by atoms with E-state index in [1.807, 2.05) is 97.1 Å². The minimum atomic E-state index is -0.372. The van der Waals surface area contributed by atoms with Crippen LogP contribution in [-0.4, -0.2) is 26.2 Å². The Morgan fingerprint density at radius 1 is 0.471 bits per heavy atom. The highest BCUT2D eigenvalue weighted by Gasteiger charge is 2.24. The van der Waals surface area contributed by atoms with Crippen LogP contribution in [-0.2, 0) is 9.47 Å². The van der Waals surface area contributed by atoms with Gasteiger partial charge in [-0.15, -0.1) is 0 Å². The standard InChI is InChI=1S/C30H22O4/c1-33-29(31)27-23-11-7-3-5-9-21(23)17-25(27)19-13-15-20(16-14-19)26-18-22-10-6-4-8-12-24(22)28(26)30(32)34-2/h3-18H,1-2H3. The van der Waals surface area contributed by atoms with E-state index in [2.05, 4.69) is 0 Å². The van der Waals surface area contributed by atoms with Crippen molar-refractivity contribution < 1.29 is 19.1 Å². The van der Waals surface area contributed by atoms with Crippen molar-refractivity contribution in [3.05, 3.63) is 108 Å². The summed E-state index contributed by atoms with van der Waals surface area (Å²) in [5, 5.41) is 0. The van der Waals surface area contributed by atoms with Crippen LogP contribution in [0.3, 0.4) is 0 Å². The van der Waals surface area contributed by atoms with E-state index in [1.54, 1.807) is 0 Å². The SMILES string of the molecule is COC(=O)c1c2cccccc-2cc1-c1ccc(-c2cc3cccccc-3c2C(=O)OC)cc1. The summed E-state index contributed by atoms with van der Waals surface area (Å²) in [6, 6.07) is 31.3. The molecule has 4 heteroatoms. The summed E-state index contributed by atoms with van der Waals surface area (Å²) >= 11 is 0. The van der Waals surface area contributed by atoms with E-state index in [1.165, 1.54) is 14.2 Å². The molecule has 0 unspecified atom stereocenters. The summed E-state index contributed by atoms with van der Waals surface area (Å²) in [4.78, 5) is 25.4. The fourth-order valence-corrected chi connectivity index (χ4v) is 4.50. The molecule has 0 fully saturated rings. The van der Waals surface area contributed by atoms with Crippen LogP contribution in [0.2, 0.25) is 0 Å². The second-order valence-corrected chi connectivity index (χ2v) is 7.99. The molecule has 4 aliphatic rings. The average molecular weight is 447 g/mol. The van der Waals surface area contributed by atoms with Crippen LogP contribution >= 0.6 is 0 Å². The summed E-state index contributed by atoms with van der Waals surface area (Å²) in [6.45, 7) is 0. The van der Waals surface area contributed by atoms with Crippen LogP contribution in [0, 0.1) is 0 Å². The molecule has 4 aliphatic carbocycles. The predicted molar refractivity (Wildman–Crippen MR) is 133 cm³/mol. The molecule has 0 heterocycles. The van der Waals surface area contributed by atoms with Crippen LogP contribution in [0.15, 0.2) is 97.1 Å². The number of methoxy groups -OCH3 is 2. The van der Waals surface area contributed by atoms with E-state index >= 15 is 0 Å². The lowest BCUT2D eigenvalue weighted by molar-refractivity contribution is 0.0594. The van der Waals surface area contributed by atoms with Gasteiger partial charge in [0, 0.05) is 0 Å². The molecule has 1 aromatic carbocycles. The van der Waals surface area contributed by atoms with Gasteiger partial charge in [0.1, 0.15) is 0 Å². The van der Waals surface area contributed by atoms with Crippen molar-refractivity contribution in [3.63, 3.8) is 0 Å². The zero-order valence-electron chi connectivity index (χ0n) is 18.9. The maximum Gasteiger partial charge on any atom is 0.339 e. The lowest BCUT2D eigenvalue weighted by Gasteiger charge is -2.08. The number of carbonyl (C=O) groups excluding carboxylic acids is 2. The Balaban J connectivity index is 1.65. The maximum atomic E-state index is 12.7. The minimum absolute atomic E-state index is 0.372. The van der Waals surface area contributed by atoms with E-state index in [4.69, 9.17) is 9.47 Å². The predicted octanol–water partition coefficient (Wildman–Crippen LogP) is 6.80. The Bertz CT molecular complexity index is 1340. The maximum absolute atomic E-state index is 12.7. The number of benzene rings is 1. The van der Waals surface area contributed by atoms with Gasteiger partial charge in [0.05, 0.1) is 25.3 Å². The third kappa shape index (κ3) is 3.59. The third-order valence-electron chi connectivity index (χ3n) is 6.11. The van der Waals surface area contributed by atoms with Crippen molar-refractivity contribution in [1.29, 1.82) is 0 Å². The van der Waals surface area contributed by atoms with Crippen LogP contribution in [0.25, 0.3) is 44.5 Å². The monoisotopic (exact) mass is 446 g/mol. The summed E-state index contributed by atoms with van der Waals surface area (Å²) < 4.78 is 10.2. The van der Waals surface area contributed by atoms with Crippen molar-refractivity contribution in [2.75, 3.05) is 14.2 Å². The van der Waals surface area contributed by atoms with Gasteiger partial charge in [-0.05, 0) is 56.6 Å². The fraction of sp³-hybridized carbons (Fsp3) is 0.0667. The molecule has 0 radical (unpaired) electrons. The molecule has 0 amide bonds. The summed E-state index contributed by atoms with van der Waals surface area (Å²) in [6.07, 6.45) is 0. The van der Waals surface area contributed by atoms with Crippen molar-refractivity contribution >= 4 is 11.9 Å². The Morgan fingerprint density at radius 2 is 0.853 bits per heavy atom. The molecule has 0 spiro atoms. The van der Waals surface area contributed by atoms with Gasteiger partial charge in [-0.3, -0.25) is 0 Å². The highest BCUT2D eigenvalue weighted by molar-refractivity contribution is 6.08. The topological polar surface area (TPSA) is 52.6 Å². The number of rotatable bonds is 4. The van der Waals surface area contributed by atoms with Gasteiger partial charge in [-0.2, -0.15) is 0 Å². The third-order valence-corrected chi connectivity index (χ3v) is 6.11. The van der Waals surface area contributed by atoms with Gasteiger partial charge in [-0.25, -0.2) is 9.59 Å². The highest BCUT2D eigenvalue weighted by atomic mass is 16.5. The van der Waals surface area contributed by atoms with Gasteiger partial charge in [0.2, 0.25) is 0 Å². The molecule has 5 rings (SSSR count). The molecule has 4 nitrogen and oxygen atoms in total. The number of carbonyl (C=O) groups is 2. The Kier molecular flexibility index (Phi) is 5.56. The Hall–Kier alpha value is -4.44. The van der Waals surface area contributed by atoms with Gasteiger partial charge in [0.25, 0.3) is 0 Å². The summed E-state index contributed by atoms with van der Waals surface area (Å²) in [5.41, 5.74) is 8.13. The molecule has 0 bridgehead atoms. The van der Waals surface area contributed by atoms with E-state index in [9.17, 15) is 9.59 Å². The van der Waals surface area contributed by atoms with E-state index < -0.39 is 0 Å². The number of ether oxygens (including phenoxy) is 2. The first-order chi connectivity index (χ1) is 16.6.